The summed E-state index contributed by atoms with van der Waals surface area (Å²) in [6.45, 7) is 0.589. The van der Waals surface area contributed by atoms with Crippen LogP contribution in [-0.2, 0) is 6.54 Å². The number of aromatic nitrogens is 2. The van der Waals surface area contributed by atoms with E-state index in [-0.39, 0.29) is 17.8 Å². The molecule has 0 bridgehead atoms. The minimum absolute atomic E-state index is 0.199. The summed E-state index contributed by atoms with van der Waals surface area (Å²) < 4.78 is 15.2. The number of aliphatic hydroxyl groups is 1. The molecule has 1 fully saturated rings. The van der Waals surface area contributed by atoms with E-state index in [1.165, 1.54) is 12.1 Å². The van der Waals surface area contributed by atoms with Gasteiger partial charge in [-0.05, 0) is 53.8 Å². The molecule has 2 aromatic heterocycles. The van der Waals surface area contributed by atoms with Crippen LogP contribution in [0.4, 0.5) is 4.39 Å². The summed E-state index contributed by atoms with van der Waals surface area (Å²) in [6, 6.07) is 18.2. The molecule has 5 nitrogen and oxygen atoms in total. The molecule has 0 radical (unpaired) electrons. The topological polar surface area (TPSA) is 67.2 Å². The van der Waals surface area contributed by atoms with E-state index >= 15 is 0 Å². The summed E-state index contributed by atoms with van der Waals surface area (Å²) in [6.07, 6.45) is 6.55. The lowest BCUT2D eigenvalue weighted by Gasteiger charge is -2.28. The Hall–Kier alpha value is -3.51. The highest BCUT2D eigenvalue weighted by molar-refractivity contribution is 6.05. The number of pyridine rings is 1. The molecule has 6 heteroatoms. The number of nitrogens with zero attached hydrogens (tertiary/aromatic N) is 2. The Balaban J connectivity index is 1.38. The molecule has 1 aliphatic carbocycles. The quantitative estimate of drug-likeness (QED) is 0.460. The third-order valence-corrected chi connectivity index (χ3v) is 6.41. The summed E-state index contributed by atoms with van der Waals surface area (Å²) in [5, 5.41) is 13.3. The van der Waals surface area contributed by atoms with Crippen molar-refractivity contribution in [2.45, 2.75) is 44.4 Å². The fraction of sp³-hybridized carbons (Fsp3) is 0.259. The van der Waals surface area contributed by atoms with Crippen LogP contribution in [0.15, 0.2) is 73.1 Å². The first-order valence-corrected chi connectivity index (χ1v) is 11.4. The van der Waals surface area contributed by atoms with Crippen molar-refractivity contribution < 1.29 is 14.3 Å². The summed E-state index contributed by atoms with van der Waals surface area (Å²) in [7, 11) is 0. The summed E-state index contributed by atoms with van der Waals surface area (Å²) in [5.41, 5.74) is 5.12. The molecule has 1 aliphatic rings. The minimum atomic E-state index is -0.497. The fourth-order valence-corrected chi connectivity index (χ4v) is 4.59. The third-order valence-electron chi connectivity index (χ3n) is 6.41. The number of amides is 1. The van der Waals surface area contributed by atoms with Crippen molar-refractivity contribution in [3.05, 3.63) is 90.0 Å². The van der Waals surface area contributed by atoms with Crippen molar-refractivity contribution >= 4 is 16.9 Å². The number of benzene rings is 2. The zero-order valence-electron chi connectivity index (χ0n) is 18.2. The van der Waals surface area contributed by atoms with Gasteiger partial charge in [-0.1, -0.05) is 49.2 Å². The Morgan fingerprint density at radius 1 is 1.03 bits per heavy atom. The molecule has 4 aromatic rings. The number of carbonyl (C=O) groups excluding carboxylic acids is 1. The Morgan fingerprint density at radius 2 is 1.73 bits per heavy atom. The van der Waals surface area contributed by atoms with Crippen LogP contribution in [-0.4, -0.2) is 32.7 Å². The summed E-state index contributed by atoms with van der Waals surface area (Å²) >= 11 is 0. The van der Waals surface area contributed by atoms with Crippen LogP contribution in [0.3, 0.4) is 0 Å². The highest BCUT2D eigenvalue weighted by atomic mass is 19.1. The van der Waals surface area contributed by atoms with Gasteiger partial charge in [-0.25, -0.2) is 4.39 Å². The molecule has 2 heterocycles. The predicted molar refractivity (Wildman–Crippen MR) is 126 cm³/mol. The SMILES string of the molecule is O=C(N[C@H]1CCCC[C@@H]1O)c1cn(Cc2ccc(-c3ccc(F)cc3)cc2)c2cccnc12. The molecule has 0 spiro atoms. The molecule has 33 heavy (non-hydrogen) atoms. The molecule has 5 rings (SSSR count). The van der Waals surface area contributed by atoms with E-state index in [9.17, 15) is 14.3 Å². The molecule has 2 aromatic carbocycles. The van der Waals surface area contributed by atoms with Gasteiger partial charge in [0.15, 0.2) is 0 Å². The zero-order chi connectivity index (χ0) is 22.8. The maximum atomic E-state index is 13.2. The monoisotopic (exact) mass is 443 g/mol. The largest absolute Gasteiger partial charge is 0.391 e. The molecule has 2 atom stereocenters. The molecule has 2 N–H and O–H groups in total. The van der Waals surface area contributed by atoms with E-state index in [0.717, 1.165) is 47.9 Å². The zero-order valence-corrected chi connectivity index (χ0v) is 18.2. The average Bonchev–Trinajstić information content (AvgIpc) is 3.20. The third kappa shape index (κ3) is 4.52. The Bertz CT molecular complexity index is 1270. The first-order valence-electron chi connectivity index (χ1n) is 11.4. The van der Waals surface area contributed by atoms with E-state index in [1.54, 1.807) is 18.3 Å². The number of carbonyl (C=O) groups is 1. The van der Waals surface area contributed by atoms with Crippen LogP contribution in [0.2, 0.25) is 0 Å². The Labute approximate surface area is 191 Å². The first-order chi connectivity index (χ1) is 16.1. The molecule has 0 aliphatic heterocycles. The number of hydrogen-bond acceptors (Lipinski definition) is 3. The van der Waals surface area contributed by atoms with Crippen LogP contribution in [0.1, 0.15) is 41.6 Å². The number of nitrogens with one attached hydrogen (secondary N) is 1. The Morgan fingerprint density at radius 3 is 2.45 bits per heavy atom. The highest BCUT2D eigenvalue weighted by Crippen LogP contribution is 2.24. The second kappa shape index (κ2) is 9.16. The van der Waals surface area contributed by atoms with Crippen LogP contribution in [0.25, 0.3) is 22.2 Å². The van der Waals surface area contributed by atoms with Gasteiger partial charge < -0.3 is 15.0 Å². The van der Waals surface area contributed by atoms with E-state index in [4.69, 9.17) is 0 Å². The van der Waals surface area contributed by atoms with Gasteiger partial charge >= 0.3 is 0 Å². The summed E-state index contributed by atoms with van der Waals surface area (Å²) in [4.78, 5) is 17.5. The van der Waals surface area contributed by atoms with Gasteiger partial charge in [0, 0.05) is 18.9 Å². The van der Waals surface area contributed by atoms with Crippen molar-refractivity contribution in [2.24, 2.45) is 0 Å². The van der Waals surface area contributed by atoms with E-state index < -0.39 is 6.10 Å². The van der Waals surface area contributed by atoms with Crippen molar-refractivity contribution in [1.29, 1.82) is 0 Å². The van der Waals surface area contributed by atoms with Gasteiger partial charge in [-0.3, -0.25) is 9.78 Å². The summed E-state index contributed by atoms with van der Waals surface area (Å²) in [5.74, 6) is -0.448. The average molecular weight is 444 g/mol. The molecular formula is C27H26FN3O2. The van der Waals surface area contributed by atoms with Crippen molar-refractivity contribution in [3.63, 3.8) is 0 Å². The lowest BCUT2D eigenvalue weighted by molar-refractivity contribution is 0.0718. The van der Waals surface area contributed by atoms with Crippen molar-refractivity contribution in [3.8, 4) is 11.1 Å². The number of rotatable bonds is 5. The van der Waals surface area contributed by atoms with E-state index in [1.807, 2.05) is 47.2 Å². The maximum Gasteiger partial charge on any atom is 0.255 e. The van der Waals surface area contributed by atoms with Gasteiger partial charge in [0.05, 0.1) is 23.2 Å². The number of fused-ring (bicyclic) bond motifs is 1. The first kappa shape index (κ1) is 21.3. The fourth-order valence-electron chi connectivity index (χ4n) is 4.59. The minimum Gasteiger partial charge on any atom is -0.391 e. The van der Waals surface area contributed by atoms with E-state index in [2.05, 4.69) is 10.3 Å². The van der Waals surface area contributed by atoms with Gasteiger partial charge in [-0.15, -0.1) is 0 Å². The highest BCUT2D eigenvalue weighted by Gasteiger charge is 2.26. The molecule has 0 saturated heterocycles. The number of aliphatic hydroxyl groups excluding tert-OH is 1. The van der Waals surface area contributed by atoms with E-state index in [0.29, 0.717) is 17.6 Å². The molecule has 1 amide bonds. The van der Waals surface area contributed by atoms with Crippen LogP contribution >= 0.6 is 0 Å². The smallest absolute Gasteiger partial charge is 0.255 e. The lowest BCUT2D eigenvalue weighted by Crippen LogP contribution is -2.45. The second-order valence-electron chi connectivity index (χ2n) is 8.68. The number of halogens is 1. The van der Waals surface area contributed by atoms with Crippen LogP contribution < -0.4 is 5.32 Å². The van der Waals surface area contributed by atoms with Crippen LogP contribution in [0, 0.1) is 5.82 Å². The number of hydrogen-bond donors (Lipinski definition) is 2. The standard InChI is InChI=1S/C27H26FN3O2/c28-21-13-11-20(12-14-21)19-9-7-18(8-10-19)16-31-17-22(26-24(31)5-3-15-29-26)27(33)30-23-4-1-2-6-25(23)32/h3,5,7-15,17,23,25,32H,1-2,4,6,16H2,(H,30,33)/t23-,25-/m0/s1. The van der Waals surface area contributed by atoms with Crippen LogP contribution in [0.5, 0.6) is 0 Å². The normalized spacial score (nSPS) is 18.4. The Kier molecular flexibility index (Phi) is 5.92. The van der Waals surface area contributed by atoms with Crippen molar-refractivity contribution in [1.82, 2.24) is 14.9 Å². The predicted octanol–water partition coefficient (Wildman–Crippen LogP) is 4.92. The molecule has 168 valence electrons. The molecular weight excluding hydrogens is 417 g/mol. The van der Waals surface area contributed by atoms with Crippen molar-refractivity contribution in [2.75, 3.05) is 0 Å². The van der Waals surface area contributed by atoms with Gasteiger partial charge in [0.2, 0.25) is 0 Å². The lowest BCUT2D eigenvalue weighted by atomic mass is 9.92. The van der Waals surface area contributed by atoms with Gasteiger partial charge in [-0.2, -0.15) is 0 Å². The maximum absolute atomic E-state index is 13.2. The van der Waals surface area contributed by atoms with Gasteiger partial charge in [0.25, 0.3) is 5.91 Å². The molecule has 1 saturated carbocycles. The second-order valence-corrected chi connectivity index (χ2v) is 8.68. The molecule has 0 unspecified atom stereocenters. The van der Waals surface area contributed by atoms with Gasteiger partial charge in [0.1, 0.15) is 11.3 Å².